The Labute approximate surface area is 77.3 Å². The number of benzene rings is 1. The molecule has 3 rings (SSSR count). The summed E-state index contributed by atoms with van der Waals surface area (Å²) in [6.07, 6.45) is 3.26. The van der Waals surface area contributed by atoms with E-state index in [9.17, 15) is 0 Å². The molecule has 0 heterocycles. The molecule has 1 heteroatoms. The molecule has 1 aromatic carbocycles. The van der Waals surface area contributed by atoms with E-state index in [1.807, 2.05) is 0 Å². The summed E-state index contributed by atoms with van der Waals surface area (Å²) in [5, 5.41) is 8.90. The summed E-state index contributed by atoms with van der Waals surface area (Å²) in [7, 11) is 0. The van der Waals surface area contributed by atoms with E-state index >= 15 is 0 Å². The molecule has 0 unspecified atom stereocenters. The van der Waals surface area contributed by atoms with Gasteiger partial charge in [0.1, 0.15) is 0 Å². The second kappa shape index (κ2) is 2.23. The zero-order valence-corrected chi connectivity index (χ0v) is 7.20. The average molecular weight is 167 g/mol. The molecular formula is C12H9N. The molecule has 0 aliphatic heterocycles. The molecule has 62 valence electrons. The van der Waals surface area contributed by atoms with Gasteiger partial charge in [-0.05, 0) is 17.5 Å². The molecule has 2 atom stereocenters. The first-order valence-corrected chi connectivity index (χ1v) is 4.61. The third-order valence-electron chi connectivity index (χ3n) is 3.15. The number of nitrogens with zero attached hydrogens (tertiary/aromatic N) is 1. The summed E-state index contributed by atoms with van der Waals surface area (Å²) in [6, 6.07) is 10.8. The number of fused-ring (bicyclic) bond motifs is 5. The minimum atomic E-state index is 0.409. The number of hydrogen-bond donors (Lipinski definition) is 0. The number of rotatable bonds is 0. The van der Waals surface area contributed by atoms with Gasteiger partial charge in [0.05, 0.1) is 6.07 Å². The van der Waals surface area contributed by atoms with Gasteiger partial charge in [0.15, 0.2) is 0 Å². The Bertz CT molecular complexity index is 437. The number of hydrogen-bond acceptors (Lipinski definition) is 1. The first-order valence-electron chi connectivity index (χ1n) is 4.61. The highest BCUT2D eigenvalue weighted by Gasteiger charge is 2.37. The summed E-state index contributed by atoms with van der Waals surface area (Å²) in [6.45, 7) is 0. The quantitative estimate of drug-likeness (QED) is 0.582. The highest BCUT2D eigenvalue weighted by molar-refractivity contribution is 5.54. The minimum Gasteiger partial charge on any atom is -0.193 e. The van der Waals surface area contributed by atoms with Crippen molar-refractivity contribution in [2.24, 2.45) is 0 Å². The fraction of sp³-hybridized carbons (Fsp3) is 0.250. The van der Waals surface area contributed by atoms with Gasteiger partial charge in [-0.25, -0.2) is 0 Å². The molecule has 0 N–H and O–H groups in total. The van der Waals surface area contributed by atoms with E-state index in [0.717, 1.165) is 12.0 Å². The second-order valence-corrected chi connectivity index (χ2v) is 3.76. The Balaban J connectivity index is 2.19. The Hall–Kier alpha value is -1.55. The molecule has 2 aliphatic rings. The Kier molecular flexibility index (Phi) is 1.19. The van der Waals surface area contributed by atoms with Crippen molar-refractivity contribution in [2.75, 3.05) is 0 Å². The largest absolute Gasteiger partial charge is 0.193 e. The van der Waals surface area contributed by atoms with Crippen molar-refractivity contribution in [1.82, 2.24) is 0 Å². The van der Waals surface area contributed by atoms with E-state index < -0.39 is 0 Å². The molecule has 0 aromatic heterocycles. The average Bonchev–Trinajstić information content (AvgIpc) is 2.75. The lowest BCUT2D eigenvalue weighted by molar-refractivity contribution is 0.794. The maximum absolute atomic E-state index is 8.90. The molecule has 2 bridgehead atoms. The van der Waals surface area contributed by atoms with Crippen molar-refractivity contribution >= 4 is 0 Å². The van der Waals surface area contributed by atoms with Crippen molar-refractivity contribution in [1.29, 1.82) is 5.26 Å². The van der Waals surface area contributed by atoms with Gasteiger partial charge < -0.3 is 0 Å². The third kappa shape index (κ3) is 0.754. The van der Waals surface area contributed by atoms with Crippen molar-refractivity contribution in [3.63, 3.8) is 0 Å². The van der Waals surface area contributed by atoms with E-state index in [2.05, 4.69) is 36.4 Å². The van der Waals surface area contributed by atoms with E-state index in [-0.39, 0.29) is 0 Å². The van der Waals surface area contributed by atoms with E-state index in [0.29, 0.717) is 11.8 Å². The Morgan fingerprint density at radius 2 is 2.00 bits per heavy atom. The lowest BCUT2D eigenvalue weighted by atomic mass is 9.92. The lowest BCUT2D eigenvalue weighted by Crippen LogP contribution is -1.96. The fourth-order valence-corrected chi connectivity index (χ4v) is 2.57. The van der Waals surface area contributed by atoms with Gasteiger partial charge in [-0.2, -0.15) is 5.26 Å². The summed E-state index contributed by atoms with van der Waals surface area (Å²) in [5.41, 5.74) is 3.79. The van der Waals surface area contributed by atoms with Crippen LogP contribution in [0.3, 0.4) is 0 Å². The van der Waals surface area contributed by atoms with Crippen molar-refractivity contribution in [2.45, 2.75) is 18.3 Å². The zero-order chi connectivity index (χ0) is 8.84. The van der Waals surface area contributed by atoms with E-state index in [4.69, 9.17) is 5.26 Å². The highest BCUT2D eigenvalue weighted by atomic mass is 14.4. The van der Waals surface area contributed by atoms with Crippen molar-refractivity contribution in [3.8, 4) is 6.07 Å². The Morgan fingerprint density at radius 1 is 1.23 bits per heavy atom. The molecule has 0 saturated heterocycles. The summed E-state index contributed by atoms with van der Waals surface area (Å²) in [4.78, 5) is 0. The number of nitriles is 1. The third-order valence-corrected chi connectivity index (χ3v) is 3.15. The van der Waals surface area contributed by atoms with Crippen LogP contribution in [0, 0.1) is 11.3 Å². The lowest BCUT2D eigenvalue weighted by Gasteiger charge is -2.11. The molecule has 0 saturated carbocycles. The van der Waals surface area contributed by atoms with Crippen LogP contribution in [0.15, 0.2) is 35.9 Å². The molecule has 0 amide bonds. The zero-order valence-electron chi connectivity index (χ0n) is 7.20. The van der Waals surface area contributed by atoms with Crippen LogP contribution < -0.4 is 0 Å². The van der Waals surface area contributed by atoms with Crippen molar-refractivity contribution < 1.29 is 0 Å². The van der Waals surface area contributed by atoms with Crippen molar-refractivity contribution in [3.05, 3.63) is 47.0 Å². The van der Waals surface area contributed by atoms with Crippen LogP contribution in [0.2, 0.25) is 0 Å². The summed E-state index contributed by atoms with van der Waals surface area (Å²) in [5.74, 6) is 0.932. The molecule has 13 heavy (non-hydrogen) atoms. The van der Waals surface area contributed by atoms with Gasteiger partial charge in [-0.15, -0.1) is 0 Å². The van der Waals surface area contributed by atoms with E-state index in [1.165, 1.54) is 11.1 Å². The SMILES string of the molecule is N#CC1=C[C@@H]2C[C@H]1c1ccccc12. The molecular weight excluding hydrogens is 158 g/mol. The van der Waals surface area contributed by atoms with Gasteiger partial charge in [0.25, 0.3) is 0 Å². The molecule has 2 aliphatic carbocycles. The van der Waals surface area contributed by atoms with Crippen LogP contribution >= 0.6 is 0 Å². The van der Waals surface area contributed by atoms with Crippen LogP contribution in [0.1, 0.15) is 29.4 Å². The van der Waals surface area contributed by atoms with Crippen LogP contribution in [-0.4, -0.2) is 0 Å². The second-order valence-electron chi connectivity index (χ2n) is 3.76. The summed E-state index contributed by atoms with van der Waals surface area (Å²) >= 11 is 0. The monoisotopic (exact) mass is 167 g/mol. The topological polar surface area (TPSA) is 23.8 Å². The minimum absolute atomic E-state index is 0.409. The molecule has 1 aromatic rings. The first-order chi connectivity index (χ1) is 6.40. The van der Waals surface area contributed by atoms with Gasteiger partial charge in [-0.3, -0.25) is 0 Å². The first kappa shape index (κ1) is 6.91. The van der Waals surface area contributed by atoms with Gasteiger partial charge in [0.2, 0.25) is 0 Å². The van der Waals surface area contributed by atoms with Crippen LogP contribution in [0.5, 0.6) is 0 Å². The Morgan fingerprint density at radius 3 is 2.77 bits per heavy atom. The van der Waals surface area contributed by atoms with Crippen LogP contribution in [0.4, 0.5) is 0 Å². The van der Waals surface area contributed by atoms with Crippen LogP contribution in [0.25, 0.3) is 0 Å². The highest BCUT2D eigenvalue weighted by Crippen LogP contribution is 2.51. The molecule has 0 fully saturated rings. The standard InChI is InChI=1S/C12H9N/c13-7-9-5-8-6-12(9)11-4-2-1-3-10(8)11/h1-5,8,12H,6H2/t8-,12-/m1/s1. The van der Waals surface area contributed by atoms with Gasteiger partial charge in [-0.1, -0.05) is 30.3 Å². The summed E-state index contributed by atoms with van der Waals surface area (Å²) < 4.78 is 0. The smallest absolute Gasteiger partial charge is 0.0950 e. The maximum Gasteiger partial charge on any atom is 0.0950 e. The maximum atomic E-state index is 8.90. The van der Waals surface area contributed by atoms with Gasteiger partial charge >= 0.3 is 0 Å². The van der Waals surface area contributed by atoms with E-state index in [1.54, 1.807) is 0 Å². The van der Waals surface area contributed by atoms with Gasteiger partial charge in [0, 0.05) is 17.4 Å². The number of allylic oxidation sites excluding steroid dienone is 2. The normalized spacial score (nSPS) is 28.1. The predicted molar refractivity (Wildman–Crippen MR) is 50.2 cm³/mol. The fourth-order valence-electron chi connectivity index (χ4n) is 2.57. The predicted octanol–water partition coefficient (Wildman–Crippen LogP) is 2.72. The molecule has 1 nitrogen and oxygen atoms in total. The van der Waals surface area contributed by atoms with Crippen LogP contribution in [-0.2, 0) is 0 Å². The molecule has 0 radical (unpaired) electrons. The molecule has 0 spiro atoms.